The van der Waals surface area contributed by atoms with E-state index in [1.54, 1.807) is 24.3 Å². The van der Waals surface area contributed by atoms with Crippen LogP contribution in [0, 0.1) is 0 Å². The standard InChI is InChI=1S/C21H23N3O4.ClH/c22-17(21(27)28-13-14-7-2-1-3-8-14)11-6-12-18(23)24-19(25)15-9-4-5-10-16(15)20(24)26;/h1-5,7-10,17-18H,6,11-13,22-23H2;1H/t17-,18?;/m1./s1. The number of imide groups is 1. The van der Waals surface area contributed by atoms with E-state index in [-0.39, 0.29) is 30.8 Å². The van der Waals surface area contributed by atoms with Crippen molar-refractivity contribution in [3.63, 3.8) is 0 Å². The number of ether oxygens (including phenoxy) is 1. The molecule has 0 fully saturated rings. The normalized spacial score (nSPS) is 14.8. The van der Waals surface area contributed by atoms with Crippen molar-refractivity contribution in [3.8, 4) is 0 Å². The van der Waals surface area contributed by atoms with Crippen LogP contribution in [-0.2, 0) is 16.1 Å². The molecule has 1 aliphatic heterocycles. The van der Waals surface area contributed by atoms with Crippen molar-refractivity contribution in [1.82, 2.24) is 4.90 Å². The van der Waals surface area contributed by atoms with E-state index < -0.39 is 18.2 Å². The second-order valence-corrected chi connectivity index (χ2v) is 6.72. The molecule has 4 N–H and O–H groups in total. The number of carbonyl (C=O) groups is 3. The second kappa shape index (κ2) is 10.2. The van der Waals surface area contributed by atoms with Gasteiger partial charge in [0, 0.05) is 0 Å². The maximum absolute atomic E-state index is 12.4. The van der Waals surface area contributed by atoms with Crippen LogP contribution >= 0.6 is 12.4 Å². The molecule has 1 aliphatic rings. The topological polar surface area (TPSA) is 116 Å². The summed E-state index contributed by atoms with van der Waals surface area (Å²) in [4.78, 5) is 37.9. The smallest absolute Gasteiger partial charge is 0.323 e. The number of carbonyl (C=O) groups excluding carboxylic acids is 3. The number of halogens is 1. The number of amides is 2. The monoisotopic (exact) mass is 417 g/mol. The maximum atomic E-state index is 12.4. The van der Waals surface area contributed by atoms with Crippen LogP contribution in [0.2, 0.25) is 0 Å². The lowest BCUT2D eigenvalue weighted by Gasteiger charge is -2.22. The van der Waals surface area contributed by atoms with Crippen LogP contribution in [0.1, 0.15) is 45.5 Å². The molecule has 1 heterocycles. The fourth-order valence-corrected chi connectivity index (χ4v) is 3.14. The highest BCUT2D eigenvalue weighted by Crippen LogP contribution is 2.24. The number of benzene rings is 2. The maximum Gasteiger partial charge on any atom is 0.323 e. The second-order valence-electron chi connectivity index (χ2n) is 6.72. The highest BCUT2D eigenvalue weighted by atomic mass is 35.5. The highest BCUT2D eigenvalue weighted by Gasteiger charge is 2.38. The Hall–Kier alpha value is -2.74. The van der Waals surface area contributed by atoms with Gasteiger partial charge < -0.3 is 16.2 Å². The molecular formula is C21H24ClN3O4. The Bertz CT molecular complexity index is 840. The van der Waals surface area contributed by atoms with Gasteiger partial charge in [0.05, 0.1) is 17.3 Å². The Kier molecular flexibility index (Phi) is 7.90. The molecule has 0 aromatic heterocycles. The number of fused-ring (bicyclic) bond motifs is 1. The molecule has 8 heteroatoms. The quantitative estimate of drug-likeness (QED) is 0.502. The number of hydrogen-bond donors (Lipinski definition) is 2. The number of hydrogen-bond acceptors (Lipinski definition) is 6. The van der Waals surface area contributed by atoms with Gasteiger partial charge in [-0.1, -0.05) is 42.5 Å². The van der Waals surface area contributed by atoms with Crippen molar-refractivity contribution in [1.29, 1.82) is 0 Å². The molecule has 0 saturated heterocycles. The molecule has 0 aliphatic carbocycles. The molecule has 2 atom stereocenters. The minimum atomic E-state index is -0.780. The molecule has 29 heavy (non-hydrogen) atoms. The Morgan fingerprint density at radius 1 is 0.897 bits per heavy atom. The van der Waals surface area contributed by atoms with Crippen molar-refractivity contribution < 1.29 is 19.1 Å². The summed E-state index contributed by atoms with van der Waals surface area (Å²) in [6.07, 6.45) is 0.422. The average Bonchev–Trinajstić information content (AvgIpc) is 2.97. The number of nitrogens with two attached hydrogens (primary N) is 2. The zero-order chi connectivity index (χ0) is 20.1. The summed E-state index contributed by atoms with van der Waals surface area (Å²) in [5, 5.41) is 0. The lowest BCUT2D eigenvalue weighted by Crippen LogP contribution is -2.45. The fraction of sp³-hybridized carbons (Fsp3) is 0.286. The molecule has 0 radical (unpaired) electrons. The Labute approximate surface area is 175 Å². The SMILES string of the molecule is Cl.NC(CCC[C@@H](N)C(=O)OCc1ccccc1)N1C(=O)c2ccccc2C1=O. The van der Waals surface area contributed by atoms with E-state index >= 15 is 0 Å². The zero-order valence-corrected chi connectivity index (χ0v) is 16.6. The van der Waals surface area contributed by atoms with Crippen LogP contribution in [0.5, 0.6) is 0 Å². The van der Waals surface area contributed by atoms with E-state index in [1.165, 1.54) is 0 Å². The third-order valence-electron chi connectivity index (χ3n) is 4.70. The van der Waals surface area contributed by atoms with E-state index in [4.69, 9.17) is 16.2 Å². The minimum absolute atomic E-state index is 0. The average molecular weight is 418 g/mol. The first-order chi connectivity index (χ1) is 13.5. The highest BCUT2D eigenvalue weighted by molar-refractivity contribution is 6.21. The first kappa shape index (κ1) is 22.5. The molecule has 0 spiro atoms. The Balaban J connectivity index is 0.00000300. The summed E-state index contributed by atoms with van der Waals surface area (Å²) in [5.41, 5.74) is 13.6. The number of esters is 1. The summed E-state index contributed by atoms with van der Waals surface area (Å²) in [5.74, 6) is -1.27. The van der Waals surface area contributed by atoms with E-state index in [9.17, 15) is 14.4 Å². The van der Waals surface area contributed by atoms with E-state index in [2.05, 4.69) is 0 Å². The molecular weight excluding hydrogens is 394 g/mol. The predicted octanol–water partition coefficient (Wildman–Crippen LogP) is 2.23. The first-order valence-corrected chi connectivity index (χ1v) is 9.17. The van der Waals surface area contributed by atoms with Crippen LogP contribution in [-0.4, -0.2) is 34.9 Å². The van der Waals surface area contributed by atoms with Crippen molar-refractivity contribution in [2.75, 3.05) is 0 Å². The number of rotatable bonds is 8. The first-order valence-electron chi connectivity index (χ1n) is 9.17. The van der Waals surface area contributed by atoms with Crippen molar-refractivity contribution in [3.05, 3.63) is 71.3 Å². The van der Waals surface area contributed by atoms with Crippen LogP contribution in [0.25, 0.3) is 0 Å². The molecule has 154 valence electrons. The van der Waals surface area contributed by atoms with Crippen LogP contribution in [0.3, 0.4) is 0 Å². The summed E-state index contributed by atoms with van der Waals surface area (Å²) >= 11 is 0. The van der Waals surface area contributed by atoms with Gasteiger partial charge in [0.2, 0.25) is 0 Å². The van der Waals surface area contributed by atoms with Gasteiger partial charge in [-0.05, 0) is 37.0 Å². The zero-order valence-electron chi connectivity index (χ0n) is 15.8. The van der Waals surface area contributed by atoms with Crippen LogP contribution < -0.4 is 11.5 Å². The minimum Gasteiger partial charge on any atom is -0.460 e. The molecule has 0 saturated carbocycles. The van der Waals surface area contributed by atoms with E-state index in [0.29, 0.717) is 30.4 Å². The molecule has 2 amide bonds. The summed E-state index contributed by atoms with van der Waals surface area (Å²) in [6.45, 7) is 0.169. The van der Waals surface area contributed by atoms with Crippen molar-refractivity contribution in [2.24, 2.45) is 11.5 Å². The Morgan fingerprint density at radius 3 is 2.03 bits per heavy atom. The largest absolute Gasteiger partial charge is 0.460 e. The van der Waals surface area contributed by atoms with Crippen LogP contribution in [0.4, 0.5) is 0 Å². The lowest BCUT2D eigenvalue weighted by atomic mass is 10.1. The van der Waals surface area contributed by atoms with Gasteiger partial charge in [-0.15, -0.1) is 12.4 Å². The van der Waals surface area contributed by atoms with Gasteiger partial charge in [-0.3, -0.25) is 19.3 Å². The summed E-state index contributed by atoms with van der Waals surface area (Å²) in [7, 11) is 0. The van der Waals surface area contributed by atoms with Gasteiger partial charge in [0.25, 0.3) is 11.8 Å². The Morgan fingerprint density at radius 2 is 1.45 bits per heavy atom. The molecule has 2 aromatic carbocycles. The summed E-state index contributed by atoms with van der Waals surface area (Å²) in [6, 6.07) is 15.2. The van der Waals surface area contributed by atoms with Gasteiger partial charge >= 0.3 is 5.97 Å². The molecule has 0 bridgehead atoms. The van der Waals surface area contributed by atoms with E-state index in [0.717, 1.165) is 10.5 Å². The third-order valence-corrected chi connectivity index (χ3v) is 4.70. The number of nitrogens with zero attached hydrogens (tertiary/aromatic N) is 1. The predicted molar refractivity (Wildman–Crippen MR) is 110 cm³/mol. The van der Waals surface area contributed by atoms with Gasteiger partial charge in [-0.2, -0.15) is 0 Å². The summed E-state index contributed by atoms with van der Waals surface area (Å²) < 4.78 is 5.21. The van der Waals surface area contributed by atoms with Crippen LogP contribution in [0.15, 0.2) is 54.6 Å². The third kappa shape index (κ3) is 5.20. The lowest BCUT2D eigenvalue weighted by molar-refractivity contribution is -0.146. The fourth-order valence-electron chi connectivity index (χ4n) is 3.14. The molecule has 1 unspecified atom stereocenters. The van der Waals surface area contributed by atoms with Crippen molar-refractivity contribution in [2.45, 2.75) is 38.1 Å². The van der Waals surface area contributed by atoms with E-state index in [1.807, 2.05) is 30.3 Å². The van der Waals surface area contributed by atoms with Gasteiger partial charge in [0.15, 0.2) is 0 Å². The van der Waals surface area contributed by atoms with Gasteiger partial charge in [0.1, 0.15) is 12.6 Å². The van der Waals surface area contributed by atoms with Gasteiger partial charge in [-0.25, -0.2) is 0 Å². The molecule has 7 nitrogen and oxygen atoms in total. The molecule has 2 aromatic rings. The van der Waals surface area contributed by atoms with Crippen molar-refractivity contribution >= 4 is 30.2 Å². The molecule has 3 rings (SSSR count).